The lowest BCUT2D eigenvalue weighted by atomic mass is 10.00. The second-order valence-electron chi connectivity index (χ2n) is 2.90. The zero-order chi connectivity index (χ0) is 10.3. The van der Waals surface area contributed by atoms with Gasteiger partial charge in [0.05, 0.1) is 11.6 Å². The summed E-state index contributed by atoms with van der Waals surface area (Å²) in [6.45, 7) is 0. The average molecular weight is 413 g/mol. The molecular weight excluding hydrogens is 408 g/mol. The van der Waals surface area contributed by atoms with Gasteiger partial charge in [-0.3, -0.25) is 0 Å². The second-order valence-corrected chi connectivity index (χ2v) is 5.31. The van der Waals surface area contributed by atoms with E-state index in [-0.39, 0.29) is 11.6 Å². The fourth-order valence-corrected chi connectivity index (χ4v) is 2.75. The monoisotopic (exact) mass is 413 g/mol. The normalized spacial score (nSPS) is 24.6. The molecule has 0 saturated heterocycles. The number of allylic oxidation sites excluding steroid dienone is 5. The Bertz CT molecular complexity index is 432. The highest BCUT2D eigenvalue weighted by Crippen LogP contribution is 2.36. The number of aliphatic carboxylic acids is 1. The first-order chi connectivity index (χ1) is 6.59. The van der Waals surface area contributed by atoms with Crippen LogP contribution in [-0.4, -0.2) is 16.8 Å². The predicted octanol–water partition coefficient (Wildman–Crippen LogP) is 2.68. The number of carboxylic acid groups (broad SMARTS) is 1. The summed E-state index contributed by atoms with van der Waals surface area (Å²) in [6.07, 6.45) is 5.84. The summed E-state index contributed by atoms with van der Waals surface area (Å²) in [6, 6.07) is 0. The van der Waals surface area contributed by atoms with Crippen molar-refractivity contribution in [1.29, 1.82) is 0 Å². The molecule has 0 amide bonds. The van der Waals surface area contributed by atoms with Crippen molar-refractivity contribution in [2.24, 2.45) is 10.9 Å². The molecule has 0 aromatic rings. The third-order valence-electron chi connectivity index (χ3n) is 2.00. The number of carbonyl (C=O) groups is 1. The third-order valence-corrected chi connectivity index (χ3v) is 3.90. The molecule has 1 heterocycles. The van der Waals surface area contributed by atoms with Gasteiger partial charge in [-0.25, -0.2) is 9.79 Å². The van der Waals surface area contributed by atoms with E-state index < -0.39 is 5.97 Å². The SMILES string of the molecule is O=C(O)C1=C(I)C2C=C(I)C=CC2=N1. The Balaban J connectivity index is 2.46. The molecule has 1 aliphatic carbocycles. The van der Waals surface area contributed by atoms with Crippen molar-refractivity contribution in [1.82, 2.24) is 0 Å². The van der Waals surface area contributed by atoms with E-state index in [1.165, 1.54) is 0 Å². The smallest absolute Gasteiger partial charge is 0.355 e. The molecule has 3 nitrogen and oxygen atoms in total. The summed E-state index contributed by atoms with van der Waals surface area (Å²) < 4.78 is 1.91. The Morgan fingerprint density at radius 3 is 2.79 bits per heavy atom. The summed E-state index contributed by atoms with van der Waals surface area (Å²) in [5.74, 6) is -0.897. The molecule has 1 atom stereocenters. The Hall–Kier alpha value is -0.180. The van der Waals surface area contributed by atoms with Crippen molar-refractivity contribution in [2.45, 2.75) is 0 Å². The molecule has 2 aliphatic rings. The van der Waals surface area contributed by atoms with Gasteiger partial charge in [0.15, 0.2) is 5.70 Å². The number of nitrogens with zero attached hydrogens (tertiary/aromatic N) is 1. The molecule has 1 N–H and O–H groups in total. The minimum absolute atomic E-state index is 0.0543. The molecular formula is C9H5I2NO2. The lowest BCUT2D eigenvalue weighted by molar-refractivity contribution is -0.132. The molecule has 0 spiro atoms. The Kier molecular flexibility index (Phi) is 2.78. The van der Waals surface area contributed by atoms with Gasteiger partial charge in [-0.2, -0.15) is 0 Å². The van der Waals surface area contributed by atoms with E-state index in [0.717, 1.165) is 12.9 Å². The summed E-state index contributed by atoms with van der Waals surface area (Å²) in [5, 5.41) is 8.88. The molecule has 2 rings (SSSR count). The van der Waals surface area contributed by atoms with Gasteiger partial charge in [-0.1, -0.05) is 6.08 Å². The topological polar surface area (TPSA) is 49.7 Å². The second kappa shape index (κ2) is 3.76. The van der Waals surface area contributed by atoms with E-state index in [2.05, 4.69) is 50.2 Å². The third kappa shape index (κ3) is 1.67. The molecule has 0 saturated carbocycles. The quantitative estimate of drug-likeness (QED) is 0.673. The van der Waals surface area contributed by atoms with Gasteiger partial charge < -0.3 is 5.11 Å². The van der Waals surface area contributed by atoms with Gasteiger partial charge in [-0.15, -0.1) is 0 Å². The summed E-state index contributed by atoms with van der Waals surface area (Å²) >= 11 is 4.27. The van der Waals surface area contributed by atoms with Crippen molar-refractivity contribution in [3.63, 3.8) is 0 Å². The van der Waals surface area contributed by atoms with Gasteiger partial charge in [0.25, 0.3) is 0 Å². The molecule has 14 heavy (non-hydrogen) atoms. The van der Waals surface area contributed by atoms with Crippen LogP contribution in [0.4, 0.5) is 0 Å². The van der Waals surface area contributed by atoms with Gasteiger partial charge in [0.1, 0.15) is 0 Å². The van der Waals surface area contributed by atoms with Crippen LogP contribution >= 0.6 is 45.2 Å². The number of carboxylic acids is 1. The molecule has 0 radical (unpaired) electrons. The average Bonchev–Trinajstić information content (AvgIpc) is 2.44. The zero-order valence-electron chi connectivity index (χ0n) is 6.87. The molecule has 72 valence electrons. The van der Waals surface area contributed by atoms with Gasteiger partial charge in [0, 0.05) is 7.16 Å². The van der Waals surface area contributed by atoms with Crippen LogP contribution in [0.3, 0.4) is 0 Å². The fourth-order valence-electron chi connectivity index (χ4n) is 1.36. The highest BCUT2D eigenvalue weighted by atomic mass is 127. The van der Waals surface area contributed by atoms with E-state index in [4.69, 9.17) is 5.11 Å². The molecule has 0 aromatic heterocycles. The number of aliphatic imine (C=N–C) groups is 1. The van der Waals surface area contributed by atoms with Crippen molar-refractivity contribution < 1.29 is 9.90 Å². The first-order valence-corrected chi connectivity index (χ1v) is 6.02. The van der Waals surface area contributed by atoms with Crippen molar-refractivity contribution >= 4 is 56.9 Å². The highest BCUT2D eigenvalue weighted by Gasteiger charge is 2.30. The lowest BCUT2D eigenvalue weighted by Crippen LogP contribution is -2.08. The molecule has 5 heteroatoms. The van der Waals surface area contributed by atoms with E-state index >= 15 is 0 Å². The number of fused-ring (bicyclic) bond motifs is 1. The lowest BCUT2D eigenvalue weighted by Gasteiger charge is -2.10. The van der Waals surface area contributed by atoms with E-state index in [9.17, 15) is 4.79 Å². The van der Waals surface area contributed by atoms with E-state index in [1.54, 1.807) is 0 Å². The minimum Gasteiger partial charge on any atom is -0.476 e. The van der Waals surface area contributed by atoms with Crippen LogP contribution in [0.25, 0.3) is 0 Å². The maximum Gasteiger partial charge on any atom is 0.355 e. The van der Waals surface area contributed by atoms with Crippen molar-refractivity contribution in [3.8, 4) is 0 Å². The Morgan fingerprint density at radius 1 is 1.43 bits per heavy atom. The van der Waals surface area contributed by atoms with E-state index in [0.29, 0.717) is 0 Å². The summed E-state index contributed by atoms with van der Waals surface area (Å²) in [4.78, 5) is 14.9. The van der Waals surface area contributed by atoms with Crippen LogP contribution in [0.1, 0.15) is 0 Å². The van der Waals surface area contributed by atoms with Crippen molar-refractivity contribution in [2.75, 3.05) is 0 Å². The van der Waals surface area contributed by atoms with Gasteiger partial charge in [-0.05, 0) is 57.3 Å². The molecule has 0 bridgehead atoms. The van der Waals surface area contributed by atoms with Gasteiger partial charge >= 0.3 is 5.97 Å². The van der Waals surface area contributed by atoms with E-state index in [1.807, 2.05) is 18.2 Å². The zero-order valence-corrected chi connectivity index (χ0v) is 11.2. The number of halogens is 2. The van der Waals surface area contributed by atoms with Gasteiger partial charge in [0.2, 0.25) is 0 Å². The maximum absolute atomic E-state index is 10.8. The number of hydrogen-bond donors (Lipinski definition) is 1. The standard InChI is InChI=1S/C9H5I2NO2/c10-4-1-2-6-5(3-4)7(11)8(12-6)9(13)14/h1-3,5H,(H,13,14). The highest BCUT2D eigenvalue weighted by molar-refractivity contribution is 14.1. The van der Waals surface area contributed by atoms with Crippen LogP contribution in [0.5, 0.6) is 0 Å². The largest absolute Gasteiger partial charge is 0.476 e. The Labute approximate surface area is 108 Å². The Morgan fingerprint density at radius 2 is 2.14 bits per heavy atom. The van der Waals surface area contributed by atoms with Crippen LogP contribution in [0.2, 0.25) is 0 Å². The first kappa shape index (κ1) is 10.3. The van der Waals surface area contributed by atoms with Crippen LogP contribution in [0, 0.1) is 5.92 Å². The minimum atomic E-state index is -0.951. The summed E-state index contributed by atoms with van der Waals surface area (Å²) in [5.41, 5.74) is 1.00. The van der Waals surface area contributed by atoms with Crippen molar-refractivity contribution in [3.05, 3.63) is 31.1 Å². The molecule has 1 aliphatic heterocycles. The number of rotatable bonds is 1. The fraction of sp³-hybridized carbons (Fsp3) is 0.111. The maximum atomic E-state index is 10.8. The summed E-state index contributed by atoms with van der Waals surface area (Å²) in [7, 11) is 0. The first-order valence-electron chi connectivity index (χ1n) is 3.86. The molecule has 0 fully saturated rings. The van der Waals surface area contributed by atoms with Crippen LogP contribution in [0.15, 0.2) is 36.1 Å². The van der Waals surface area contributed by atoms with Crippen LogP contribution in [-0.2, 0) is 4.79 Å². The van der Waals surface area contributed by atoms with Crippen LogP contribution < -0.4 is 0 Å². The number of hydrogen-bond acceptors (Lipinski definition) is 2. The molecule has 0 aromatic carbocycles. The molecule has 1 unspecified atom stereocenters. The predicted molar refractivity (Wildman–Crippen MR) is 70.8 cm³/mol.